The van der Waals surface area contributed by atoms with Gasteiger partial charge in [0.2, 0.25) is 5.75 Å². The fraction of sp³-hybridized carbons (Fsp3) is 0.100. The molecular formula is C20H19N3O4. The number of amides is 1. The molecule has 27 heavy (non-hydrogen) atoms. The number of aromatic nitrogens is 1. The first kappa shape index (κ1) is 18.1. The van der Waals surface area contributed by atoms with E-state index in [4.69, 9.17) is 9.47 Å². The lowest BCUT2D eigenvalue weighted by Crippen LogP contribution is -2.19. The van der Waals surface area contributed by atoms with Crippen molar-refractivity contribution < 1.29 is 19.4 Å². The van der Waals surface area contributed by atoms with Crippen molar-refractivity contribution in [3.05, 3.63) is 72.1 Å². The number of carbonyl (C=O) groups excluding carboxylic acids is 1. The molecule has 3 rings (SSSR count). The lowest BCUT2D eigenvalue weighted by molar-refractivity contribution is 0.0955. The van der Waals surface area contributed by atoms with Gasteiger partial charge in [0.1, 0.15) is 0 Å². The van der Waals surface area contributed by atoms with Crippen molar-refractivity contribution in [3.63, 3.8) is 0 Å². The number of rotatable bonds is 6. The van der Waals surface area contributed by atoms with Gasteiger partial charge in [-0.2, -0.15) is 5.10 Å². The SMILES string of the molecule is COc1cc(/C=N\NC(=O)c2ccccc2-n2cccc2)cc(OC)c1O. The van der Waals surface area contributed by atoms with Crippen molar-refractivity contribution in [3.8, 4) is 22.9 Å². The molecule has 0 radical (unpaired) electrons. The number of methoxy groups -OCH3 is 2. The predicted octanol–water partition coefficient (Wildman–Crippen LogP) is 2.96. The molecule has 0 aliphatic heterocycles. The van der Waals surface area contributed by atoms with E-state index in [1.807, 2.05) is 41.2 Å². The third-order valence-electron chi connectivity index (χ3n) is 3.91. The highest BCUT2D eigenvalue weighted by Gasteiger charge is 2.12. The highest BCUT2D eigenvalue weighted by atomic mass is 16.5. The van der Waals surface area contributed by atoms with Gasteiger partial charge in [-0.3, -0.25) is 4.79 Å². The molecule has 1 heterocycles. The van der Waals surface area contributed by atoms with Crippen molar-refractivity contribution >= 4 is 12.1 Å². The second kappa shape index (κ2) is 8.09. The third kappa shape index (κ3) is 3.92. The Morgan fingerprint density at radius 1 is 1.07 bits per heavy atom. The molecular weight excluding hydrogens is 346 g/mol. The lowest BCUT2D eigenvalue weighted by Gasteiger charge is -2.10. The van der Waals surface area contributed by atoms with Crippen molar-refractivity contribution in [2.45, 2.75) is 0 Å². The van der Waals surface area contributed by atoms with Crippen LogP contribution < -0.4 is 14.9 Å². The van der Waals surface area contributed by atoms with E-state index in [0.29, 0.717) is 11.1 Å². The lowest BCUT2D eigenvalue weighted by atomic mass is 10.1. The average Bonchev–Trinajstić information content (AvgIpc) is 3.23. The van der Waals surface area contributed by atoms with E-state index in [1.54, 1.807) is 24.3 Å². The van der Waals surface area contributed by atoms with E-state index in [-0.39, 0.29) is 23.2 Å². The van der Waals surface area contributed by atoms with Gasteiger partial charge in [0.25, 0.3) is 5.91 Å². The number of carbonyl (C=O) groups is 1. The molecule has 0 atom stereocenters. The summed E-state index contributed by atoms with van der Waals surface area (Å²) in [6, 6.07) is 14.2. The second-order valence-electron chi connectivity index (χ2n) is 5.58. The molecule has 0 saturated carbocycles. The van der Waals surface area contributed by atoms with E-state index in [1.165, 1.54) is 20.4 Å². The van der Waals surface area contributed by atoms with E-state index in [9.17, 15) is 9.90 Å². The highest BCUT2D eigenvalue weighted by molar-refractivity contribution is 5.98. The fourth-order valence-corrected chi connectivity index (χ4v) is 2.60. The maximum absolute atomic E-state index is 12.5. The normalized spacial score (nSPS) is 10.7. The van der Waals surface area contributed by atoms with Gasteiger partial charge in [0, 0.05) is 18.0 Å². The molecule has 1 aromatic heterocycles. The summed E-state index contributed by atoms with van der Waals surface area (Å²) in [5.74, 6) is 0.0650. The van der Waals surface area contributed by atoms with Crippen LogP contribution in [0.1, 0.15) is 15.9 Å². The van der Waals surface area contributed by atoms with Gasteiger partial charge in [-0.05, 0) is 36.4 Å². The quantitative estimate of drug-likeness (QED) is 0.519. The summed E-state index contributed by atoms with van der Waals surface area (Å²) in [7, 11) is 2.88. The van der Waals surface area contributed by atoms with Crippen LogP contribution in [0.4, 0.5) is 0 Å². The van der Waals surface area contributed by atoms with Crippen LogP contribution in [-0.4, -0.2) is 36.0 Å². The van der Waals surface area contributed by atoms with Crippen molar-refractivity contribution in [1.29, 1.82) is 0 Å². The molecule has 2 N–H and O–H groups in total. The Morgan fingerprint density at radius 2 is 1.70 bits per heavy atom. The van der Waals surface area contributed by atoms with Crippen LogP contribution in [-0.2, 0) is 0 Å². The molecule has 7 nitrogen and oxygen atoms in total. The molecule has 2 aromatic carbocycles. The number of aromatic hydroxyl groups is 1. The molecule has 0 unspecified atom stereocenters. The molecule has 0 aliphatic rings. The molecule has 138 valence electrons. The van der Waals surface area contributed by atoms with E-state index in [2.05, 4.69) is 10.5 Å². The summed E-state index contributed by atoms with van der Waals surface area (Å²) in [4.78, 5) is 12.5. The summed E-state index contributed by atoms with van der Waals surface area (Å²) < 4.78 is 12.1. The standard InChI is InChI=1S/C20H19N3O4/c1-26-17-11-14(12-18(27-2)19(17)24)13-21-22-20(25)15-7-3-4-8-16(15)23-9-5-6-10-23/h3-13,24H,1-2H3,(H,22,25)/b21-13-. The minimum absolute atomic E-state index is 0.0955. The Balaban J connectivity index is 1.79. The number of para-hydroxylation sites is 1. The molecule has 0 saturated heterocycles. The van der Waals surface area contributed by atoms with Crippen molar-refractivity contribution in [2.75, 3.05) is 14.2 Å². The van der Waals surface area contributed by atoms with Gasteiger partial charge in [-0.25, -0.2) is 5.43 Å². The number of phenolic OH excluding ortho intramolecular Hbond substituents is 1. The maximum atomic E-state index is 12.5. The first-order valence-corrected chi connectivity index (χ1v) is 8.15. The summed E-state index contributed by atoms with van der Waals surface area (Å²) in [5.41, 5.74) is 4.36. The zero-order chi connectivity index (χ0) is 19.2. The topological polar surface area (TPSA) is 85.1 Å². The van der Waals surface area contributed by atoms with Crippen LogP contribution in [0.15, 0.2) is 66.0 Å². The van der Waals surface area contributed by atoms with Crippen LogP contribution in [0.3, 0.4) is 0 Å². The van der Waals surface area contributed by atoms with Gasteiger partial charge >= 0.3 is 0 Å². The number of ether oxygens (including phenoxy) is 2. The smallest absolute Gasteiger partial charge is 0.273 e. The van der Waals surface area contributed by atoms with Crippen LogP contribution in [0.2, 0.25) is 0 Å². The summed E-state index contributed by atoms with van der Waals surface area (Å²) >= 11 is 0. The summed E-state index contributed by atoms with van der Waals surface area (Å²) in [6.07, 6.45) is 5.18. The molecule has 1 amide bonds. The number of hydrogen-bond donors (Lipinski definition) is 2. The van der Waals surface area contributed by atoms with Crippen LogP contribution >= 0.6 is 0 Å². The minimum atomic E-state index is -0.340. The van der Waals surface area contributed by atoms with Crippen molar-refractivity contribution in [2.24, 2.45) is 5.10 Å². The second-order valence-corrected chi connectivity index (χ2v) is 5.58. The number of hydrazone groups is 1. The fourth-order valence-electron chi connectivity index (χ4n) is 2.60. The summed E-state index contributed by atoms with van der Waals surface area (Å²) in [5, 5.41) is 13.9. The molecule has 0 fully saturated rings. The molecule has 0 bridgehead atoms. The van der Waals surface area contributed by atoms with Crippen LogP contribution in [0.25, 0.3) is 5.69 Å². The first-order valence-electron chi connectivity index (χ1n) is 8.15. The van der Waals surface area contributed by atoms with Gasteiger partial charge in [-0.15, -0.1) is 0 Å². The zero-order valence-corrected chi connectivity index (χ0v) is 14.9. The number of hydrogen-bond acceptors (Lipinski definition) is 5. The molecule has 3 aromatic rings. The number of phenols is 1. The Hall–Kier alpha value is -3.74. The highest BCUT2D eigenvalue weighted by Crippen LogP contribution is 2.36. The monoisotopic (exact) mass is 365 g/mol. The Morgan fingerprint density at radius 3 is 2.33 bits per heavy atom. The first-order chi connectivity index (χ1) is 13.1. The Kier molecular flexibility index (Phi) is 5.41. The van der Waals surface area contributed by atoms with Crippen LogP contribution in [0.5, 0.6) is 17.2 Å². The van der Waals surface area contributed by atoms with Crippen molar-refractivity contribution in [1.82, 2.24) is 9.99 Å². The largest absolute Gasteiger partial charge is 0.502 e. The van der Waals surface area contributed by atoms with E-state index >= 15 is 0 Å². The summed E-state index contributed by atoms with van der Waals surface area (Å²) in [6.45, 7) is 0. The molecule has 7 heteroatoms. The average molecular weight is 365 g/mol. The zero-order valence-electron chi connectivity index (χ0n) is 14.9. The van der Waals surface area contributed by atoms with E-state index in [0.717, 1.165) is 5.69 Å². The third-order valence-corrected chi connectivity index (χ3v) is 3.91. The molecule has 0 aliphatic carbocycles. The van der Waals surface area contributed by atoms with Gasteiger partial charge in [-0.1, -0.05) is 12.1 Å². The van der Waals surface area contributed by atoms with E-state index < -0.39 is 0 Å². The minimum Gasteiger partial charge on any atom is -0.502 e. The number of nitrogens with zero attached hydrogens (tertiary/aromatic N) is 2. The number of benzene rings is 2. The Bertz CT molecular complexity index is 940. The van der Waals surface area contributed by atoms with Gasteiger partial charge in [0.15, 0.2) is 11.5 Å². The Labute approximate surface area is 156 Å². The van der Waals surface area contributed by atoms with Crippen LogP contribution in [0, 0.1) is 0 Å². The van der Waals surface area contributed by atoms with Gasteiger partial charge < -0.3 is 19.1 Å². The number of nitrogens with one attached hydrogen (secondary N) is 1. The molecule has 0 spiro atoms. The van der Waals surface area contributed by atoms with Gasteiger partial charge in [0.05, 0.1) is 31.7 Å². The maximum Gasteiger partial charge on any atom is 0.273 e. The predicted molar refractivity (Wildman–Crippen MR) is 102 cm³/mol.